The van der Waals surface area contributed by atoms with Crippen LogP contribution in [0.15, 0.2) is 60.8 Å². The van der Waals surface area contributed by atoms with Crippen LogP contribution in [0.3, 0.4) is 0 Å². The van der Waals surface area contributed by atoms with Gasteiger partial charge >= 0.3 is 5.97 Å². The zero-order chi connectivity index (χ0) is 22.4. The Morgan fingerprint density at radius 3 is 2.65 bits per heavy atom. The lowest BCUT2D eigenvalue weighted by Crippen LogP contribution is -2.22. The largest absolute Gasteiger partial charge is 0.504 e. The summed E-state index contributed by atoms with van der Waals surface area (Å²) in [6.07, 6.45) is 1.56. The molecule has 0 atom stereocenters. The first-order chi connectivity index (χ1) is 14.9. The number of aromatic hydroxyl groups is 1. The van der Waals surface area contributed by atoms with Gasteiger partial charge in [-0.2, -0.15) is 0 Å². The normalized spacial score (nSPS) is 10.6. The molecule has 0 bridgehead atoms. The molecule has 7 heteroatoms. The molecule has 0 aliphatic carbocycles. The Balaban J connectivity index is 1.72. The Labute approximate surface area is 180 Å². The van der Waals surface area contributed by atoms with E-state index in [4.69, 9.17) is 9.47 Å². The average molecular weight is 420 g/mol. The van der Waals surface area contributed by atoms with Crippen molar-refractivity contribution in [1.82, 2.24) is 10.3 Å². The summed E-state index contributed by atoms with van der Waals surface area (Å²) in [5, 5.41) is 12.5. The molecule has 3 aromatic rings. The fraction of sp³-hybridized carbons (Fsp3) is 0.208. The number of ether oxygens (including phenoxy) is 2. The zero-order valence-electron chi connectivity index (χ0n) is 17.6. The van der Waals surface area contributed by atoms with Crippen LogP contribution in [0.5, 0.6) is 17.2 Å². The number of pyridine rings is 1. The number of benzene rings is 2. The fourth-order valence-electron chi connectivity index (χ4n) is 2.80. The summed E-state index contributed by atoms with van der Waals surface area (Å²) in [6.45, 7) is 3.81. The number of phenolic OH excluding ortho intramolecular Hbond substituents is 1. The zero-order valence-corrected chi connectivity index (χ0v) is 17.6. The van der Waals surface area contributed by atoms with Crippen molar-refractivity contribution >= 4 is 11.9 Å². The first kappa shape index (κ1) is 21.8. The summed E-state index contributed by atoms with van der Waals surface area (Å²) in [5.74, 6) is -0.00711. The summed E-state index contributed by atoms with van der Waals surface area (Å²) < 4.78 is 10.4. The van der Waals surface area contributed by atoms with E-state index in [-0.39, 0.29) is 30.1 Å². The van der Waals surface area contributed by atoms with E-state index in [9.17, 15) is 14.7 Å². The Morgan fingerprint density at radius 2 is 1.90 bits per heavy atom. The lowest BCUT2D eigenvalue weighted by molar-refractivity contribution is -0.137. The SMILES string of the molecule is COc1cc(CNC(=O)c2ccnc(-c3cccc(OC(=O)C(C)C)c3)c2)ccc1O. The molecule has 1 heterocycles. The number of methoxy groups -OCH3 is 1. The van der Waals surface area contributed by atoms with Gasteiger partial charge in [0, 0.05) is 23.9 Å². The van der Waals surface area contributed by atoms with Gasteiger partial charge in [0.1, 0.15) is 5.75 Å². The number of aromatic nitrogens is 1. The maximum Gasteiger partial charge on any atom is 0.313 e. The number of hydrogen-bond donors (Lipinski definition) is 2. The van der Waals surface area contributed by atoms with Crippen LogP contribution < -0.4 is 14.8 Å². The van der Waals surface area contributed by atoms with E-state index in [1.807, 2.05) is 6.07 Å². The summed E-state index contributed by atoms with van der Waals surface area (Å²) >= 11 is 0. The second kappa shape index (κ2) is 9.75. The molecule has 1 aromatic heterocycles. The smallest absolute Gasteiger partial charge is 0.313 e. The molecule has 0 saturated heterocycles. The average Bonchev–Trinajstić information content (AvgIpc) is 2.78. The van der Waals surface area contributed by atoms with Gasteiger partial charge in [-0.1, -0.05) is 32.0 Å². The number of carbonyl (C=O) groups is 2. The van der Waals surface area contributed by atoms with Crippen molar-refractivity contribution in [2.75, 3.05) is 7.11 Å². The summed E-state index contributed by atoms with van der Waals surface area (Å²) in [4.78, 5) is 28.8. The third-order valence-corrected chi connectivity index (χ3v) is 4.54. The van der Waals surface area contributed by atoms with Gasteiger partial charge in [-0.3, -0.25) is 14.6 Å². The van der Waals surface area contributed by atoms with E-state index in [1.54, 1.807) is 62.5 Å². The number of rotatable bonds is 7. The van der Waals surface area contributed by atoms with Gasteiger partial charge in [-0.15, -0.1) is 0 Å². The Kier molecular flexibility index (Phi) is 6.87. The van der Waals surface area contributed by atoms with E-state index in [1.165, 1.54) is 13.2 Å². The molecule has 2 N–H and O–H groups in total. The van der Waals surface area contributed by atoms with Crippen LogP contribution in [0.1, 0.15) is 29.8 Å². The van der Waals surface area contributed by atoms with Crippen LogP contribution in [0.25, 0.3) is 11.3 Å². The van der Waals surface area contributed by atoms with Crippen molar-refractivity contribution in [3.63, 3.8) is 0 Å². The van der Waals surface area contributed by atoms with Gasteiger partial charge in [0.25, 0.3) is 5.91 Å². The Hall–Kier alpha value is -3.87. The van der Waals surface area contributed by atoms with Gasteiger partial charge in [0.05, 0.1) is 18.7 Å². The van der Waals surface area contributed by atoms with Crippen LogP contribution in [0, 0.1) is 5.92 Å². The summed E-state index contributed by atoms with van der Waals surface area (Å²) in [5.41, 5.74) is 2.55. The highest BCUT2D eigenvalue weighted by atomic mass is 16.5. The summed E-state index contributed by atoms with van der Waals surface area (Å²) in [7, 11) is 1.47. The number of carbonyl (C=O) groups excluding carboxylic acids is 2. The Morgan fingerprint density at radius 1 is 1.10 bits per heavy atom. The molecule has 1 amide bonds. The molecule has 0 aliphatic heterocycles. The molecule has 31 heavy (non-hydrogen) atoms. The molecular weight excluding hydrogens is 396 g/mol. The highest BCUT2D eigenvalue weighted by Crippen LogP contribution is 2.26. The highest BCUT2D eigenvalue weighted by molar-refractivity contribution is 5.95. The molecule has 0 saturated carbocycles. The topological polar surface area (TPSA) is 97.8 Å². The van der Waals surface area contributed by atoms with Crippen LogP contribution in [-0.2, 0) is 11.3 Å². The summed E-state index contributed by atoms with van der Waals surface area (Å²) in [6, 6.07) is 15.2. The minimum Gasteiger partial charge on any atom is -0.504 e. The van der Waals surface area contributed by atoms with Crippen molar-refractivity contribution in [2.45, 2.75) is 20.4 Å². The number of esters is 1. The van der Waals surface area contributed by atoms with E-state index >= 15 is 0 Å². The van der Waals surface area contributed by atoms with Gasteiger partial charge in [-0.05, 0) is 42.0 Å². The quantitative estimate of drug-likeness (QED) is 0.444. The molecule has 7 nitrogen and oxygen atoms in total. The minimum absolute atomic E-state index is 0.0395. The number of phenols is 1. The number of amides is 1. The molecule has 2 aromatic carbocycles. The maximum absolute atomic E-state index is 12.6. The lowest BCUT2D eigenvalue weighted by Gasteiger charge is -2.10. The third-order valence-electron chi connectivity index (χ3n) is 4.54. The van der Waals surface area contributed by atoms with Crippen molar-refractivity contribution in [3.8, 4) is 28.5 Å². The standard InChI is InChI=1S/C24H24N2O5/c1-15(2)24(29)31-19-6-4-5-17(12-19)20-13-18(9-10-25-20)23(28)26-14-16-7-8-21(27)22(11-16)30-3/h4-13,15,27H,14H2,1-3H3,(H,26,28). The van der Waals surface area contributed by atoms with Crippen LogP contribution >= 0.6 is 0 Å². The molecular formula is C24H24N2O5. The second-order valence-corrected chi connectivity index (χ2v) is 7.22. The predicted octanol–water partition coefficient (Wildman–Crippen LogP) is 3.95. The third kappa shape index (κ3) is 5.60. The molecule has 0 fully saturated rings. The van der Waals surface area contributed by atoms with Crippen molar-refractivity contribution in [3.05, 3.63) is 71.9 Å². The molecule has 0 radical (unpaired) electrons. The van der Waals surface area contributed by atoms with Crippen molar-refractivity contribution in [2.24, 2.45) is 5.92 Å². The molecule has 0 unspecified atom stereocenters. The van der Waals surface area contributed by atoms with Gasteiger partial charge in [0.15, 0.2) is 11.5 Å². The number of nitrogens with zero attached hydrogens (tertiary/aromatic N) is 1. The predicted molar refractivity (Wildman–Crippen MR) is 116 cm³/mol. The molecule has 3 rings (SSSR count). The number of hydrogen-bond acceptors (Lipinski definition) is 6. The molecule has 0 aliphatic rings. The molecule has 0 spiro atoms. The van der Waals surface area contributed by atoms with Crippen LogP contribution in [-0.4, -0.2) is 29.1 Å². The van der Waals surface area contributed by atoms with Gasteiger partial charge in [-0.25, -0.2) is 0 Å². The van der Waals surface area contributed by atoms with Crippen LogP contribution in [0.2, 0.25) is 0 Å². The van der Waals surface area contributed by atoms with E-state index in [0.717, 1.165) is 11.1 Å². The maximum atomic E-state index is 12.6. The highest BCUT2D eigenvalue weighted by Gasteiger charge is 2.12. The second-order valence-electron chi connectivity index (χ2n) is 7.22. The van der Waals surface area contributed by atoms with Crippen molar-refractivity contribution in [1.29, 1.82) is 0 Å². The number of nitrogens with one attached hydrogen (secondary N) is 1. The van der Waals surface area contributed by atoms with Gasteiger partial charge in [0.2, 0.25) is 0 Å². The van der Waals surface area contributed by atoms with Crippen molar-refractivity contribution < 1.29 is 24.2 Å². The minimum atomic E-state index is -0.316. The van der Waals surface area contributed by atoms with E-state index in [2.05, 4.69) is 10.3 Å². The first-order valence-corrected chi connectivity index (χ1v) is 9.79. The lowest BCUT2D eigenvalue weighted by atomic mass is 10.1. The van der Waals surface area contributed by atoms with E-state index < -0.39 is 0 Å². The monoisotopic (exact) mass is 420 g/mol. The molecule has 160 valence electrons. The first-order valence-electron chi connectivity index (χ1n) is 9.79. The Bertz CT molecular complexity index is 1090. The van der Waals surface area contributed by atoms with Crippen LogP contribution in [0.4, 0.5) is 0 Å². The van der Waals surface area contributed by atoms with Gasteiger partial charge < -0.3 is 19.9 Å². The fourth-order valence-corrected chi connectivity index (χ4v) is 2.80. The van der Waals surface area contributed by atoms with E-state index in [0.29, 0.717) is 22.8 Å².